The maximum atomic E-state index is 14.1. The van der Waals surface area contributed by atoms with Crippen LogP contribution >= 0.6 is 0 Å². The van der Waals surface area contributed by atoms with Gasteiger partial charge in [-0.3, -0.25) is 0 Å². The van der Waals surface area contributed by atoms with Gasteiger partial charge in [0, 0.05) is 5.56 Å². The largest absolute Gasteiger partial charge is 0.497 e. The number of methoxy groups -OCH3 is 1. The SMILES string of the molecule is COc1ccc2cc(C(F)(C(=O)O)C(F)(F)F)ccc2c1. The van der Waals surface area contributed by atoms with Crippen molar-refractivity contribution in [2.24, 2.45) is 0 Å². The minimum absolute atomic E-state index is 0.279. The van der Waals surface area contributed by atoms with Gasteiger partial charge in [0.05, 0.1) is 7.11 Å². The summed E-state index contributed by atoms with van der Waals surface area (Å²) in [7, 11) is 1.43. The first kappa shape index (κ1) is 15.1. The first-order valence-corrected chi connectivity index (χ1v) is 5.77. The minimum Gasteiger partial charge on any atom is -0.497 e. The molecular formula is C14H10F4O3. The van der Waals surface area contributed by atoms with Crippen LogP contribution in [0.1, 0.15) is 5.56 Å². The Balaban J connectivity index is 2.63. The molecule has 0 heterocycles. The molecule has 0 spiro atoms. The maximum absolute atomic E-state index is 14.1. The third-order valence-corrected chi connectivity index (χ3v) is 3.13. The molecule has 112 valence electrons. The number of hydrogen-bond acceptors (Lipinski definition) is 2. The van der Waals surface area contributed by atoms with Crippen LogP contribution in [-0.2, 0) is 10.5 Å². The van der Waals surface area contributed by atoms with E-state index in [2.05, 4.69) is 0 Å². The summed E-state index contributed by atoms with van der Waals surface area (Å²) in [6.45, 7) is 0. The molecule has 2 aromatic rings. The first-order chi connectivity index (χ1) is 9.70. The van der Waals surface area contributed by atoms with Crippen LogP contribution in [-0.4, -0.2) is 24.4 Å². The molecule has 0 bridgehead atoms. The lowest BCUT2D eigenvalue weighted by Gasteiger charge is -2.24. The van der Waals surface area contributed by atoms with E-state index in [4.69, 9.17) is 9.84 Å². The van der Waals surface area contributed by atoms with Crippen molar-refractivity contribution >= 4 is 16.7 Å². The molecule has 0 fully saturated rings. The van der Waals surface area contributed by atoms with Gasteiger partial charge < -0.3 is 9.84 Å². The van der Waals surface area contributed by atoms with Gasteiger partial charge in [-0.05, 0) is 29.0 Å². The third kappa shape index (κ3) is 2.39. The summed E-state index contributed by atoms with van der Waals surface area (Å²) in [6.07, 6.45) is -5.56. The van der Waals surface area contributed by atoms with Crippen molar-refractivity contribution in [3.63, 3.8) is 0 Å². The van der Waals surface area contributed by atoms with Crippen molar-refractivity contribution < 1.29 is 32.2 Å². The van der Waals surface area contributed by atoms with Crippen molar-refractivity contribution in [3.05, 3.63) is 42.0 Å². The Bertz CT molecular complexity index is 696. The monoisotopic (exact) mass is 302 g/mol. The van der Waals surface area contributed by atoms with Crippen molar-refractivity contribution in [2.45, 2.75) is 11.8 Å². The van der Waals surface area contributed by atoms with Crippen molar-refractivity contribution in [1.29, 1.82) is 0 Å². The predicted molar refractivity (Wildman–Crippen MR) is 67.0 cm³/mol. The maximum Gasteiger partial charge on any atom is 0.437 e. The van der Waals surface area contributed by atoms with Crippen LogP contribution in [0.2, 0.25) is 0 Å². The van der Waals surface area contributed by atoms with Crippen molar-refractivity contribution in [1.82, 2.24) is 0 Å². The van der Waals surface area contributed by atoms with Gasteiger partial charge in [-0.1, -0.05) is 18.2 Å². The standard InChI is InChI=1S/C14H10F4O3/c1-21-11-5-3-8-6-10(4-2-9(8)7-11)13(15,12(19)20)14(16,17)18/h2-7H,1H3,(H,19,20). The summed E-state index contributed by atoms with van der Waals surface area (Å²) in [5.74, 6) is -2.11. The van der Waals surface area contributed by atoms with E-state index in [0.29, 0.717) is 11.1 Å². The zero-order valence-electron chi connectivity index (χ0n) is 10.7. The number of hydrogen-bond donors (Lipinski definition) is 1. The molecule has 0 aliphatic carbocycles. The molecule has 0 saturated heterocycles. The second-order valence-corrected chi connectivity index (χ2v) is 4.39. The van der Waals surface area contributed by atoms with E-state index >= 15 is 0 Å². The summed E-state index contributed by atoms with van der Waals surface area (Å²) in [6, 6.07) is 7.36. The number of alkyl halides is 4. The van der Waals surface area contributed by atoms with E-state index in [1.807, 2.05) is 0 Å². The van der Waals surface area contributed by atoms with Crippen LogP contribution in [0.4, 0.5) is 17.6 Å². The molecule has 21 heavy (non-hydrogen) atoms. The molecule has 0 saturated carbocycles. The second-order valence-electron chi connectivity index (χ2n) is 4.39. The van der Waals surface area contributed by atoms with Crippen molar-refractivity contribution in [3.8, 4) is 5.75 Å². The van der Waals surface area contributed by atoms with E-state index in [0.717, 1.165) is 12.1 Å². The molecule has 7 heteroatoms. The number of aliphatic carboxylic acids is 1. The van der Waals surface area contributed by atoms with Gasteiger partial charge in [-0.15, -0.1) is 0 Å². The first-order valence-electron chi connectivity index (χ1n) is 5.77. The molecule has 0 radical (unpaired) electrons. The van der Waals surface area contributed by atoms with E-state index in [1.54, 1.807) is 6.07 Å². The number of benzene rings is 2. The van der Waals surface area contributed by atoms with E-state index in [1.165, 1.54) is 25.3 Å². The number of carbonyl (C=O) groups is 1. The molecule has 0 aliphatic rings. The Morgan fingerprint density at radius 2 is 1.62 bits per heavy atom. The predicted octanol–water partition coefficient (Wildman–Crippen LogP) is 3.66. The van der Waals surface area contributed by atoms with Crippen LogP contribution in [0.15, 0.2) is 36.4 Å². The Labute approximate surface area is 116 Å². The van der Waals surface area contributed by atoms with Crippen LogP contribution in [0.25, 0.3) is 10.8 Å². The quantitative estimate of drug-likeness (QED) is 0.880. The van der Waals surface area contributed by atoms with Gasteiger partial charge in [0.1, 0.15) is 5.75 Å². The summed E-state index contributed by atoms with van der Waals surface area (Å²) in [5, 5.41) is 9.45. The molecule has 1 unspecified atom stereocenters. The molecule has 0 aromatic heterocycles. The molecule has 1 N–H and O–H groups in total. The van der Waals surface area contributed by atoms with Gasteiger partial charge in [-0.2, -0.15) is 13.2 Å². The van der Waals surface area contributed by atoms with Crippen LogP contribution in [0.5, 0.6) is 5.75 Å². The summed E-state index contributed by atoms with van der Waals surface area (Å²) in [4.78, 5) is 10.8. The number of halogens is 4. The molecule has 0 aliphatic heterocycles. The highest BCUT2D eigenvalue weighted by atomic mass is 19.4. The molecule has 2 rings (SSSR count). The van der Waals surface area contributed by atoms with Crippen molar-refractivity contribution in [2.75, 3.05) is 7.11 Å². The summed E-state index contributed by atoms with van der Waals surface area (Å²) >= 11 is 0. The van der Waals surface area contributed by atoms with Crippen LogP contribution in [0.3, 0.4) is 0 Å². The summed E-state index contributed by atoms with van der Waals surface area (Å²) in [5.41, 5.74) is -5.42. The average Bonchev–Trinajstić information content (AvgIpc) is 2.43. The van der Waals surface area contributed by atoms with Gasteiger partial charge in [0.15, 0.2) is 0 Å². The highest BCUT2D eigenvalue weighted by molar-refractivity contribution is 5.87. The third-order valence-electron chi connectivity index (χ3n) is 3.13. The minimum atomic E-state index is -5.56. The van der Waals surface area contributed by atoms with Crippen LogP contribution in [0, 0.1) is 0 Å². The van der Waals surface area contributed by atoms with E-state index in [9.17, 15) is 22.4 Å². The highest BCUT2D eigenvalue weighted by Gasteiger charge is 2.63. The molecule has 2 aromatic carbocycles. The van der Waals surface area contributed by atoms with Gasteiger partial charge in [0.2, 0.25) is 0 Å². The molecule has 3 nitrogen and oxygen atoms in total. The topological polar surface area (TPSA) is 46.5 Å². The lowest BCUT2D eigenvalue weighted by atomic mass is 9.93. The van der Waals surface area contributed by atoms with E-state index in [-0.39, 0.29) is 5.39 Å². The van der Waals surface area contributed by atoms with Crippen LogP contribution < -0.4 is 4.74 Å². The highest BCUT2D eigenvalue weighted by Crippen LogP contribution is 2.43. The normalized spacial score (nSPS) is 14.7. The van der Waals surface area contributed by atoms with Gasteiger partial charge in [-0.25, -0.2) is 9.18 Å². The average molecular weight is 302 g/mol. The number of carboxylic acid groups (broad SMARTS) is 1. The second kappa shape index (κ2) is 4.91. The Hall–Kier alpha value is -2.31. The van der Waals surface area contributed by atoms with Gasteiger partial charge in [0.25, 0.3) is 0 Å². The lowest BCUT2D eigenvalue weighted by molar-refractivity contribution is -0.240. The summed E-state index contributed by atoms with van der Waals surface area (Å²) < 4.78 is 57.4. The number of ether oxygens (including phenoxy) is 1. The number of rotatable bonds is 3. The Morgan fingerprint density at radius 3 is 2.14 bits per heavy atom. The molecule has 1 atom stereocenters. The zero-order chi connectivity index (χ0) is 15.8. The molecular weight excluding hydrogens is 292 g/mol. The fourth-order valence-corrected chi connectivity index (χ4v) is 1.97. The fraction of sp³-hybridized carbons (Fsp3) is 0.214. The zero-order valence-corrected chi connectivity index (χ0v) is 10.7. The molecule has 0 amide bonds. The Kier molecular flexibility index (Phi) is 3.52. The lowest BCUT2D eigenvalue weighted by Crippen LogP contribution is -2.45. The van der Waals surface area contributed by atoms with Gasteiger partial charge >= 0.3 is 17.8 Å². The number of fused-ring (bicyclic) bond motifs is 1. The fourth-order valence-electron chi connectivity index (χ4n) is 1.97. The number of carboxylic acids is 1. The van der Waals surface area contributed by atoms with E-state index < -0.39 is 23.4 Å². The Morgan fingerprint density at radius 1 is 1.05 bits per heavy atom. The smallest absolute Gasteiger partial charge is 0.437 e.